The Hall–Kier alpha value is -2.82. The van der Waals surface area contributed by atoms with E-state index < -0.39 is 35.3 Å². The molecule has 2 amide bonds. The first-order chi connectivity index (χ1) is 15.9. The second-order valence-electron chi connectivity index (χ2n) is 8.42. The normalized spacial score (nSPS) is 20.1. The Kier molecular flexibility index (Phi) is 7.74. The zero-order chi connectivity index (χ0) is 25.1. The van der Waals surface area contributed by atoms with Gasteiger partial charge in [-0.15, -0.1) is 0 Å². The Morgan fingerprint density at radius 3 is 2.50 bits per heavy atom. The van der Waals surface area contributed by atoms with Crippen molar-refractivity contribution >= 4 is 28.7 Å². The van der Waals surface area contributed by atoms with Crippen molar-refractivity contribution in [2.75, 3.05) is 6.54 Å². The second-order valence-corrected chi connectivity index (χ2v) is 9.91. The topological polar surface area (TPSA) is 74.9 Å². The van der Waals surface area contributed by atoms with E-state index in [1.54, 1.807) is 19.1 Å². The lowest BCUT2D eigenvalue weighted by Gasteiger charge is -2.31. The van der Waals surface area contributed by atoms with Gasteiger partial charge in [-0.05, 0) is 57.4 Å². The molecule has 0 radical (unpaired) electrons. The van der Waals surface area contributed by atoms with Crippen LogP contribution in [0.4, 0.5) is 17.6 Å². The summed E-state index contributed by atoms with van der Waals surface area (Å²) in [6.07, 6.45) is -1.89. The third kappa shape index (κ3) is 6.40. The molecule has 2 heterocycles. The number of benzene rings is 1. The van der Waals surface area contributed by atoms with Gasteiger partial charge in [0.1, 0.15) is 23.4 Å². The van der Waals surface area contributed by atoms with Crippen molar-refractivity contribution in [2.45, 2.75) is 56.6 Å². The number of furan rings is 1. The lowest BCUT2D eigenvalue weighted by atomic mass is 9.99. The maximum atomic E-state index is 13.2. The van der Waals surface area contributed by atoms with Gasteiger partial charge in [-0.3, -0.25) is 9.59 Å². The van der Waals surface area contributed by atoms with E-state index in [1.165, 1.54) is 43.1 Å². The highest BCUT2D eigenvalue weighted by Gasteiger charge is 2.42. The summed E-state index contributed by atoms with van der Waals surface area (Å²) in [6, 6.07) is 6.21. The van der Waals surface area contributed by atoms with E-state index >= 15 is 0 Å². The number of hydrogen-bond acceptors (Lipinski definition) is 5. The van der Waals surface area contributed by atoms with Crippen LogP contribution in [0.15, 0.2) is 52.3 Å². The van der Waals surface area contributed by atoms with Gasteiger partial charge in [0, 0.05) is 6.04 Å². The molecule has 11 heteroatoms. The molecular formula is C23H25F4N3O3S. The van der Waals surface area contributed by atoms with Crippen molar-refractivity contribution in [3.8, 4) is 0 Å². The molecule has 184 valence electrons. The maximum Gasteiger partial charge on any atom is 0.406 e. The summed E-state index contributed by atoms with van der Waals surface area (Å²) in [4.78, 5) is 30.1. The third-order valence-corrected chi connectivity index (χ3v) is 6.87. The third-order valence-electron chi connectivity index (χ3n) is 5.64. The van der Waals surface area contributed by atoms with E-state index in [1.807, 2.05) is 6.92 Å². The van der Waals surface area contributed by atoms with Crippen molar-refractivity contribution < 1.29 is 31.6 Å². The summed E-state index contributed by atoms with van der Waals surface area (Å²) < 4.78 is 56.5. The van der Waals surface area contributed by atoms with E-state index in [4.69, 9.17) is 4.42 Å². The lowest BCUT2D eigenvalue weighted by molar-refractivity contribution is -0.144. The Labute approximate surface area is 198 Å². The highest BCUT2D eigenvalue weighted by atomic mass is 32.2. The average molecular weight is 500 g/mol. The lowest BCUT2D eigenvalue weighted by Crippen LogP contribution is -2.45. The minimum Gasteiger partial charge on any atom is -0.472 e. The van der Waals surface area contributed by atoms with Crippen molar-refractivity contribution in [1.29, 1.82) is 0 Å². The van der Waals surface area contributed by atoms with E-state index in [-0.39, 0.29) is 30.3 Å². The van der Waals surface area contributed by atoms with Gasteiger partial charge in [0.2, 0.25) is 0 Å². The van der Waals surface area contributed by atoms with Gasteiger partial charge in [-0.2, -0.15) is 18.2 Å². The number of alkyl halides is 3. The van der Waals surface area contributed by atoms with Crippen molar-refractivity contribution in [1.82, 2.24) is 10.2 Å². The summed E-state index contributed by atoms with van der Waals surface area (Å²) in [5.74, 6) is -1.55. The fourth-order valence-electron chi connectivity index (χ4n) is 3.54. The molecule has 0 bridgehead atoms. The molecule has 1 aliphatic rings. The molecule has 0 aliphatic carbocycles. The van der Waals surface area contributed by atoms with E-state index in [2.05, 4.69) is 10.3 Å². The van der Waals surface area contributed by atoms with Gasteiger partial charge in [-0.25, -0.2) is 4.39 Å². The van der Waals surface area contributed by atoms with E-state index in [0.29, 0.717) is 5.17 Å². The van der Waals surface area contributed by atoms with Crippen LogP contribution in [0.3, 0.4) is 0 Å². The monoisotopic (exact) mass is 499 g/mol. The Morgan fingerprint density at radius 2 is 1.91 bits per heavy atom. The molecule has 0 fully saturated rings. The Bertz CT molecular complexity index is 1040. The first-order valence-electron chi connectivity index (χ1n) is 10.6. The molecule has 0 saturated carbocycles. The first-order valence-corrected chi connectivity index (χ1v) is 11.4. The van der Waals surface area contributed by atoms with Crippen molar-refractivity contribution in [2.24, 2.45) is 4.99 Å². The van der Waals surface area contributed by atoms with Gasteiger partial charge in [0.05, 0.1) is 17.9 Å². The molecule has 34 heavy (non-hydrogen) atoms. The van der Waals surface area contributed by atoms with Crippen LogP contribution in [0.2, 0.25) is 0 Å². The zero-order valence-corrected chi connectivity index (χ0v) is 19.7. The number of aliphatic imine (C=N–C) groups is 1. The van der Waals surface area contributed by atoms with Crippen LogP contribution in [0.1, 0.15) is 55.6 Å². The molecular weight excluding hydrogens is 474 g/mol. The number of thioether (sulfide) groups is 1. The number of hydrogen-bond donors (Lipinski definition) is 1. The predicted octanol–water partition coefficient (Wildman–Crippen LogP) is 5.33. The molecule has 0 saturated heterocycles. The number of nitrogens with zero attached hydrogens (tertiary/aromatic N) is 2. The van der Waals surface area contributed by atoms with E-state index in [9.17, 15) is 27.2 Å². The van der Waals surface area contributed by atoms with Crippen LogP contribution in [-0.4, -0.2) is 45.4 Å². The Balaban J connectivity index is 1.63. The Morgan fingerprint density at radius 1 is 1.24 bits per heavy atom. The van der Waals surface area contributed by atoms with Gasteiger partial charge < -0.3 is 14.6 Å². The summed E-state index contributed by atoms with van der Waals surface area (Å²) in [7, 11) is 0. The summed E-state index contributed by atoms with van der Waals surface area (Å²) >= 11 is 1.19. The fraction of sp³-hybridized carbons (Fsp3) is 0.435. The molecule has 1 N–H and O–H groups in total. The van der Waals surface area contributed by atoms with Gasteiger partial charge in [-0.1, -0.05) is 23.9 Å². The number of amides is 2. The van der Waals surface area contributed by atoms with Crippen LogP contribution >= 0.6 is 11.8 Å². The number of carbonyl (C=O) groups is 2. The molecule has 1 aromatic carbocycles. The molecule has 3 atom stereocenters. The zero-order valence-electron chi connectivity index (χ0n) is 18.9. The molecule has 2 aromatic rings. The minimum absolute atomic E-state index is 0.0261. The molecule has 1 aromatic heterocycles. The van der Waals surface area contributed by atoms with Crippen molar-refractivity contribution in [3.05, 3.63) is 59.8 Å². The van der Waals surface area contributed by atoms with E-state index in [0.717, 1.165) is 16.7 Å². The molecule has 0 spiro atoms. The standard InChI is InChI=1S/C23H25F4N3O3S/c1-14(30(13-23(25,26)27)19(31)17-9-11-33-12-17)8-10-22(3)20(32)29-21(34-22)28-15(2)16-4-6-18(24)7-5-16/h4-7,9,11-12,14-15H,8,10,13H2,1-3H3,(H,28,29,32)/t14?,15-,22?/m0/s1. The minimum atomic E-state index is -4.58. The first kappa shape index (κ1) is 25.8. The van der Waals surface area contributed by atoms with Crippen LogP contribution in [-0.2, 0) is 4.79 Å². The number of rotatable bonds is 8. The molecule has 3 rings (SSSR count). The van der Waals surface area contributed by atoms with Crippen LogP contribution in [0, 0.1) is 5.82 Å². The summed E-state index contributed by atoms with van der Waals surface area (Å²) in [5, 5.41) is 3.51. The smallest absolute Gasteiger partial charge is 0.406 e. The second kappa shape index (κ2) is 10.2. The van der Waals surface area contributed by atoms with Gasteiger partial charge in [0.15, 0.2) is 5.17 Å². The number of nitrogens with one attached hydrogen (secondary N) is 1. The largest absolute Gasteiger partial charge is 0.472 e. The summed E-state index contributed by atoms with van der Waals surface area (Å²) in [6.45, 7) is 3.64. The quantitative estimate of drug-likeness (QED) is 0.497. The van der Waals surface area contributed by atoms with Crippen molar-refractivity contribution in [3.63, 3.8) is 0 Å². The van der Waals surface area contributed by atoms with Gasteiger partial charge in [0.25, 0.3) is 11.8 Å². The molecule has 6 nitrogen and oxygen atoms in total. The van der Waals surface area contributed by atoms with Gasteiger partial charge >= 0.3 is 6.18 Å². The number of amidine groups is 1. The number of carbonyl (C=O) groups excluding carboxylic acids is 2. The van der Waals surface area contributed by atoms with Crippen LogP contribution in [0.5, 0.6) is 0 Å². The molecule has 1 aliphatic heterocycles. The number of halogens is 4. The highest BCUT2D eigenvalue weighted by Crippen LogP contribution is 2.38. The maximum absolute atomic E-state index is 13.2. The fourth-order valence-corrected chi connectivity index (χ4v) is 4.69. The SMILES string of the molecule is CC(CCC1(C)SC(N[C@@H](C)c2ccc(F)cc2)=NC1=O)N(CC(F)(F)F)C(=O)c1ccoc1. The summed E-state index contributed by atoms with van der Waals surface area (Å²) in [5.41, 5.74) is 0.832. The highest BCUT2D eigenvalue weighted by molar-refractivity contribution is 8.16. The average Bonchev–Trinajstić information content (AvgIpc) is 3.38. The van der Waals surface area contributed by atoms with Crippen LogP contribution < -0.4 is 5.32 Å². The predicted molar refractivity (Wildman–Crippen MR) is 121 cm³/mol. The van der Waals surface area contributed by atoms with Crippen LogP contribution in [0.25, 0.3) is 0 Å². The molecule has 2 unspecified atom stereocenters.